The van der Waals surface area contributed by atoms with E-state index in [4.69, 9.17) is 11.6 Å². The van der Waals surface area contributed by atoms with Crippen LogP contribution in [0.2, 0.25) is 5.02 Å². The highest BCUT2D eigenvalue weighted by atomic mass is 35.5. The van der Waals surface area contributed by atoms with Crippen molar-refractivity contribution in [3.8, 4) is 0 Å². The molecule has 1 N–H and O–H groups in total. The summed E-state index contributed by atoms with van der Waals surface area (Å²) >= 11 is 6.49. The standard InChI is InChI=1S/C19H22ClN/c1-2-21-18(16-11-6-7-12-17(16)20)19(13-8-14-19)15-9-4-3-5-10-15/h3-7,9-12,18,21H,2,8,13-14H2,1H3. The van der Waals surface area contributed by atoms with Crippen LogP contribution in [0.15, 0.2) is 54.6 Å². The summed E-state index contributed by atoms with van der Waals surface area (Å²) in [7, 11) is 0. The summed E-state index contributed by atoms with van der Waals surface area (Å²) in [6.07, 6.45) is 3.74. The molecule has 2 heteroatoms. The van der Waals surface area contributed by atoms with E-state index in [2.05, 4.69) is 54.7 Å². The summed E-state index contributed by atoms with van der Waals surface area (Å²) in [6.45, 7) is 3.12. The first-order chi connectivity index (χ1) is 10.3. The fourth-order valence-electron chi connectivity index (χ4n) is 3.59. The van der Waals surface area contributed by atoms with Gasteiger partial charge in [0.15, 0.2) is 0 Å². The van der Waals surface area contributed by atoms with E-state index in [1.54, 1.807) is 0 Å². The zero-order chi connectivity index (χ0) is 14.7. The van der Waals surface area contributed by atoms with Crippen LogP contribution in [0.1, 0.15) is 43.4 Å². The van der Waals surface area contributed by atoms with Gasteiger partial charge >= 0.3 is 0 Å². The molecule has 0 spiro atoms. The molecule has 0 saturated heterocycles. The van der Waals surface area contributed by atoms with Gasteiger partial charge in [-0.2, -0.15) is 0 Å². The molecule has 0 amide bonds. The van der Waals surface area contributed by atoms with Crippen LogP contribution in [0.5, 0.6) is 0 Å². The van der Waals surface area contributed by atoms with Gasteiger partial charge in [0.25, 0.3) is 0 Å². The molecule has 1 atom stereocenters. The summed E-state index contributed by atoms with van der Waals surface area (Å²) in [5, 5.41) is 4.56. The lowest BCUT2D eigenvalue weighted by Crippen LogP contribution is -2.46. The molecule has 2 aromatic rings. The second kappa shape index (κ2) is 6.21. The minimum absolute atomic E-state index is 0.183. The second-order valence-corrected chi connectivity index (χ2v) is 6.30. The quantitative estimate of drug-likeness (QED) is 0.808. The third kappa shape index (κ3) is 2.61. The molecule has 1 saturated carbocycles. The fraction of sp³-hybridized carbons (Fsp3) is 0.368. The molecule has 1 nitrogen and oxygen atoms in total. The molecule has 0 heterocycles. The van der Waals surface area contributed by atoms with Crippen molar-refractivity contribution in [1.29, 1.82) is 0 Å². The van der Waals surface area contributed by atoms with Crippen molar-refractivity contribution in [3.05, 3.63) is 70.7 Å². The molecule has 0 radical (unpaired) electrons. The predicted octanol–water partition coefficient (Wildman–Crippen LogP) is 5.11. The van der Waals surface area contributed by atoms with Crippen LogP contribution in [-0.4, -0.2) is 6.54 Å². The Labute approximate surface area is 132 Å². The monoisotopic (exact) mass is 299 g/mol. The summed E-state index contributed by atoms with van der Waals surface area (Å²) in [4.78, 5) is 0. The Bertz CT molecular complexity index is 590. The van der Waals surface area contributed by atoms with E-state index >= 15 is 0 Å². The molecular weight excluding hydrogens is 278 g/mol. The van der Waals surface area contributed by atoms with Crippen molar-refractivity contribution < 1.29 is 0 Å². The molecule has 1 aliphatic rings. The summed E-state index contributed by atoms with van der Waals surface area (Å²) in [5.74, 6) is 0. The van der Waals surface area contributed by atoms with Gasteiger partial charge in [0, 0.05) is 16.5 Å². The van der Waals surface area contributed by atoms with Gasteiger partial charge in [0.05, 0.1) is 0 Å². The van der Waals surface area contributed by atoms with Gasteiger partial charge in [-0.05, 0) is 36.6 Å². The van der Waals surface area contributed by atoms with Crippen molar-refractivity contribution in [2.45, 2.75) is 37.6 Å². The normalized spacial score (nSPS) is 18.0. The number of hydrogen-bond donors (Lipinski definition) is 1. The van der Waals surface area contributed by atoms with Gasteiger partial charge < -0.3 is 5.32 Å². The second-order valence-electron chi connectivity index (χ2n) is 5.89. The van der Waals surface area contributed by atoms with Gasteiger partial charge in [-0.3, -0.25) is 0 Å². The number of likely N-dealkylation sites (N-methyl/N-ethyl adjacent to an activating group) is 1. The van der Waals surface area contributed by atoms with E-state index in [-0.39, 0.29) is 11.5 Å². The molecule has 21 heavy (non-hydrogen) atoms. The Morgan fingerprint density at radius 1 is 1.05 bits per heavy atom. The summed E-state index contributed by atoms with van der Waals surface area (Å²) in [6, 6.07) is 19.4. The maximum Gasteiger partial charge on any atom is 0.0454 e. The third-order valence-corrected chi connectivity index (χ3v) is 5.12. The third-order valence-electron chi connectivity index (χ3n) is 4.77. The maximum absolute atomic E-state index is 6.49. The SMILES string of the molecule is CCNC(c1ccccc1Cl)C1(c2ccccc2)CCC1. The Kier molecular flexibility index (Phi) is 4.32. The van der Waals surface area contributed by atoms with E-state index in [9.17, 15) is 0 Å². The van der Waals surface area contributed by atoms with Crippen molar-refractivity contribution in [2.24, 2.45) is 0 Å². The molecule has 1 fully saturated rings. The van der Waals surface area contributed by atoms with Gasteiger partial charge in [0.2, 0.25) is 0 Å². The topological polar surface area (TPSA) is 12.0 Å². The van der Waals surface area contributed by atoms with Crippen LogP contribution in [0, 0.1) is 0 Å². The molecule has 0 aliphatic heterocycles. The van der Waals surface area contributed by atoms with Crippen LogP contribution >= 0.6 is 11.6 Å². The largest absolute Gasteiger partial charge is 0.309 e. The lowest BCUT2D eigenvalue weighted by Gasteiger charge is -2.49. The average Bonchev–Trinajstić information content (AvgIpc) is 2.47. The van der Waals surface area contributed by atoms with Crippen LogP contribution in [0.4, 0.5) is 0 Å². The van der Waals surface area contributed by atoms with Crippen molar-refractivity contribution in [2.75, 3.05) is 6.54 Å². The van der Waals surface area contributed by atoms with E-state index in [1.807, 2.05) is 12.1 Å². The highest BCUT2D eigenvalue weighted by Crippen LogP contribution is 2.52. The Morgan fingerprint density at radius 3 is 2.29 bits per heavy atom. The number of nitrogens with one attached hydrogen (secondary N) is 1. The fourth-order valence-corrected chi connectivity index (χ4v) is 3.83. The zero-order valence-electron chi connectivity index (χ0n) is 12.5. The highest BCUT2D eigenvalue weighted by Gasteiger charge is 2.46. The van der Waals surface area contributed by atoms with E-state index < -0.39 is 0 Å². The first-order valence-corrected chi connectivity index (χ1v) is 8.19. The molecule has 1 aliphatic carbocycles. The number of halogens is 1. The molecule has 0 aromatic heterocycles. The molecule has 3 rings (SSSR count). The minimum atomic E-state index is 0.183. The highest BCUT2D eigenvalue weighted by molar-refractivity contribution is 6.31. The summed E-state index contributed by atoms with van der Waals surface area (Å²) in [5.41, 5.74) is 2.84. The zero-order valence-corrected chi connectivity index (χ0v) is 13.2. The van der Waals surface area contributed by atoms with E-state index in [0.717, 1.165) is 11.6 Å². The predicted molar refractivity (Wildman–Crippen MR) is 89.8 cm³/mol. The Hall–Kier alpha value is -1.31. The van der Waals surface area contributed by atoms with Gasteiger partial charge in [0.1, 0.15) is 0 Å². The van der Waals surface area contributed by atoms with Crippen molar-refractivity contribution >= 4 is 11.6 Å². The summed E-state index contributed by atoms with van der Waals surface area (Å²) < 4.78 is 0. The minimum Gasteiger partial charge on any atom is -0.309 e. The first-order valence-electron chi connectivity index (χ1n) is 7.81. The molecular formula is C19H22ClN. The van der Waals surface area contributed by atoms with Crippen LogP contribution in [0.3, 0.4) is 0 Å². The van der Waals surface area contributed by atoms with Gasteiger partial charge in [-0.1, -0.05) is 73.5 Å². The molecule has 0 bridgehead atoms. The van der Waals surface area contributed by atoms with E-state index in [1.165, 1.54) is 30.4 Å². The van der Waals surface area contributed by atoms with Crippen LogP contribution in [-0.2, 0) is 5.41 Å². The van der Waals surface area contributed by atoms with Crippen LogP contribution in [0.25, 0.3) is 0 Å². The maximum atomic E-state index is 6.49. The lowest BCUT2D eigenvalue weighted by molar-refractivity contribution is 0.171. The van der Waals surface area contributed by atoms with Crippen molar-refractivity contribution in [1.82, 2.24) is 5.32 Å². The molecule has 2 aromatic carbocycles. The van der Waals surface area contributed by atoms with E-state index in [0.29, 0.717) is 0 Å². The molecule has 1 unspecified atom stereocenters. The Morgan fingerprint density at radius 2 is 1.71 bits per heavy atom. The smallest absolute Gasteiger partial charge is 0.0454 e. The first kappa shape index (κ1) is 14.6. The molecule has 110 valence electrons. The van der Waals surface area contributed by atoms with Gasteiger partial charge in [-0.25, -0.2) is 0 Å². The van der Waals surface area contributed by atoms with Crippen molar-refractivity contribution in [3.63, 3.8) is 0 Å². The van der Waals surface area contributed by atoms with Gasteiger partial charge in [-0.15, -0.1) is 0 Å². The number of benzene rings is 2. The Balaban J connectivity index is 2.05. The number of rotatable bonds is 5. The number of hydrogen-bond acceptors (Lipinski definition) is 1. The van der Waals surface area contributed by atoms with Crippen LogP contribution < -0.4 is 5.32 Å². The lowest BCUT2D eigenvalue weighted by atomic mass is 9.58. The average molecular weight is 300 g/mol.